The maximum absolute atomic E-state index is 12.5. The number of phenolic OH excluding ortho intramolecular Hbond substituents is 1. The topological polar surface area (TPSA) is 87.2 Å². The van der Waals surface area contributed by atoms with Gasteiger partial charge in [-0.3, -0.25) is 19.3 Å². The molecule has 0 bridgehead atoms. The summed E-state index contributed by atoms with van der Waals surface area (Å²) in [5.74, 6) is -0.501. The minimum atomic E-state index is -0.490. The Morgan fingerprint density at radius 1 is 1.35 bits per heavy atom. The number of hydrogen-bond donors (Lipinski definition) is 1. The van der Waals surface area contributed by atoms with Gasteiger partial charge in [0.1, 0.15) is 6.54 Å². The number of methoxy groups -OCH3 is 1. The first-order valence-electron chi connectivity index (χ1n) is 8.00. The third kappa shape index (κ3) is 3.73. The molecular weight excluding hydrogens is 424 g/mol. The molecule has 3 rings (SSSR count). The molecular formula is C17H17BrN2O5S. The van der Waals surface area contributed by atoms with Crippen molar-refractivity contribution in [3.8, 4) is 11.5 Å². The number of hydrogen-bond acceptors (Lipinski definition) is 6. The number of imide groups is 1. The highest BCUT2D eigenvalue weighted by Crippen LogP contribution is 2.38. The average molecular weight is 441 g/mol. The van der Waals surface area contributed by atoms with Gasteiger partial charge in [0.25, 0.3) is 11.1 Å². The molecule has 138 valence electrons. The highest BCUT2D eigenvalue weighted by Gasteiger charge is 2.37. The molecule has 1 aromatic rings. The fourth-order valence-corrected chi connectivity index (χ4v) is 4.12. The summed E-state index contributed by atoms with van der Waals surface area (Å²) in [5, 5.41) is 9.39. The van der Waals surface area contributed by atoms with Crippen molar-refractivity contribution in [2.45, 2.75) is 12.8 Å². The summed E-state index contributed by atoms with van der Waals surface area (Å²) < 4.78 is 5.49. The number of amides is 3. The normalized spacial score (nSPS) is 18.9. The van der Waals surface area contributed by atoms with Crippen LogP contribution in [0, 0.1) is 0 Å². The van der Waals surface area contributed by atoms with Gasteiger partial charge in [-0.1, -0.05) is 0 Å². The van der Waals surface area contributed by atoms with Crippen molar-refractivity contribution in [2.24, 2.45) is 0 Å². The lowest BCUT2D eigenvalue weighted by Crippen LogP contribution is -2.40. The van der Waals surface area contributed by atoms with E-state index < -0.39 is 11.1 Å². The Balaban J connectivity index is 1.79. The van der Waals surface area contributed by atoms with Crippen molar-refractivity contribution in [3.63, 3.8) is 0 Å². The number of carbonyl (C=O) groups is 3. The minimum Gasteiger partial charge on any atom is -0.503 e. The lowest BCUT2D eigenvalue weighted by atomic mass is 10.2. The van der Waals surface area contributed by atoms with Gasteiger partial charge in [0.15, 0.2) is 11.5 Å². The SMILES string of the molecule is COc1cc(/C=C2\SC(=O)N(CC(=O)N3CCCC3)C2=O)cc(Br)c1O. The van der Waals surface area contributed by atoms with Gasteiger partial charge >= 0.3 is 0 Å². The van der Waals surface area contributed by atoms with Crippen molar-refractivity contribution in [3.05, 3.63) is 27.1 Å². The monoisotopic (exact) mass is 440 g/mol. The number of benzene rings is 1. The Labute approximate surface area is 163 Å². The Kier molecular flexibility index (Phi) is 5.57. The number of likely N-dealkylation sites (tertiary alicyclic amines) is 1. The summed E-state index contributed by atoms with van der Waals surface area (Å²) in [4.78, 5) is 39.8. The molecule has 1 N–H and O–H groups in total. The first kappa shape index (κ1) is 18.8. The van der Waals surface area contributed by atoms with Gasteiger partial charge in [-0.15, -0.1) is 0 Å². The molecule has 2 aliphatic heterocycles. The highest BCUT2D eigenvalue weighted by molar-refractivity contribution is 9.10. The molecule has 0 atom stereocenters. The van der Waals surface area contributed by atoms with Crippen LogP contribution in [0.2, 0.25) is 0 Å². The molecule has 0 spiro atoms. The van der Waals surface area contributed by atoms with E-state index in [-0.39, 0.29) is 28.9 Å². The Bertz CT molecular complexity index is 805. The van der Waals surface area contributed by atoms with Gasteiger partial charge in [0.2, 0.25) is 5.91 Å². The van der Waals surface area contributed by atoms with E-state index in [4.69, 9.17) is 4.74 Å². The molecule has 0 aliphatic carbocycles. The van der Waals surface area contributed by atoms with Crippen LogP contribution in [0.4, 0.5) is 4.79 Å². The quantitative estimate of drug-likeness (QED) is 0.724. The second-order valence-electron chi connectivity index (χ2n) is 5.91. The number of halogens is 1. The summed E-state index contributed by atoms with van der Waals surface area (Å²) >= 11 is 4.01. The van der Waals surface area contributed by atoms with E-state index in [0.717, 1.165) is 29.5 Å². The molecule has 0 saturated carbocycles. The van der Waals surface area contributed by atoms with Crippen molar-refractivity contribution in [1.29, 1.82) is 0 Å². The van der Waals surface area contributed by atoms with E-state index in [1.165, 1.54) is 13.2 Å². The maximum Gasteiger partial charge on any atom is 0.294 e. The van der Waals surface area contributed by atoms with E-state index in [0.29, 0.717) is 23.1 Å². The molecule has 0 unspecified atom stereocenters. The maximum atomic E-state index is 12.5. The zero-order chi connectivity index (χ0) is 18.8. The Morgan fingerprint density at radius 2 is 2.04 bits per heavy atom. The van der Waals surface area contributed by atoms with Gasteiger partial charge in [-0.25, -0.2) is 0 Å². The third-order valence-electron chi connectivity index (χ3n) is 4.19. The molecule has 3 amide bonds. The molecule has 0 radical (unpaired) electrons. The molecule has 2 aliphatic rings. The van der Waals surface area contributed by atoms with Gasteiger partial charge in [-0.05, 0) is 64.3 Å². The van der Waals surface area contributed by atoms with E-state index in [9.17, 15) is 19.5 Å². The van der Waals surface area contributed by atoms with Crippen LogP contribution in [0.25, 0.3) is 6.08 Å². The predicted molar refractivity (Wildman–Crippen MR) is 101 cm³/mol. The van der Waals surface area contributed by atoms with Crippen LogP contribution in [0.5, 0.6) is 11.5 Å². The number of ether oxygens (including phenoxy) is 1. The van der Waals surface area contributed by atoms with Crippen LogP contribution in [0.3, 0.4) is 0 Å². The fraction of sp³-hybridized carbons (Fsp3) is 0.353. The van der Waals surface area contributed by atoms with Gasteiger partial charge in [0, 0.05) is 13.1 Å². The summed E-state index contributed by atoms with van der Waals surface area (Å²) in [5.41, 5.74) is 0.586. The minimum absolute atomic E-state index is 0.0473. The van der Waals surface area contributed by atoms with Crippen LogP contribution < -0.4 is 4.74 Å². The standard InChI is InChI=1S/C17H17BrN2O5S/c1-25-12-7-10(6-11(18)15(12)22)8-13-16(23)20(17(24)26-13)9-14(21)19-4-2-3-5-19/h6-8,22H,2-5,9H2,1H3/b13-8-. The van der Waals surface area contributed by atoms with Gasteiger partial charge in [-0.2, -0.15) is 0 Å². The molecule has 26 heavy (non-hydrogen) atoms. The molecule has 9 heteroatoms. The number of phenols is 1. The molecule has 1 aromatic carbocycles. The van der Waals surface area contributed by atoms with E-state index in [2.05, 4.69) is 15.9 Å². The van der Waals surface area contributed by atoms with Crippen molar-refractivity contribution < 1.29 is 24.2 Å². The van der Waals surface area contributed by atoms with Crippen molar-refractivity contribution >= 4 is 50.8 Å². The predicted octanol–water partition coefficient (Wildman–Crippen LogP) is 2.82. The first-order chi connectivity index (χ1) is 12.4. The van der Waals surface area contributed by atoms with Gasteiger partial charge in [0.05, 0.1) is 16.5 Å². The van der Waals surface area contributed by atoms with Crippen LogP contribution in [0.1, 0.15) is 18.4 Å². The molecule has 7 nitrogen and oxygen atoms in total. The first-order valence-corrected chi connectivity index (χ1v) is 9.61. The Morgan fingerprint density at radius 3 is 2.69 bits per heavy atom. The zero-order valence-electron chi connectivity index (χ0n) is 14.0. The summed E-state index contributed by atoms with van der Waals surface area (Å²) in [6.45, 7) is 1.11. The number of rotatable bonds is 4. The van der Waals surface area contributed by atoms with Gasteiger partial charge < -0.3 is 14.7 Å². The Hall–Kier alpha value is -2.00. The summed E-state index contributed by atoms with van der Waals surface area (Å²) in [7, 11) is 1.42. The van der Waals surface area contributed by atoms with Crippen LogP contribution in [-0.2, 0) is 9.59 Å². The summed E-state index contributed by atoms with van der Waals surface area (Å²) in [6, 6.07) is 3.17. The number of nitrogens with zero attached hydrogens (tertiary/aromatic N) is 2. The number of aromatic hydroxyl groups is 1. The number of thioether (sulfide) groups is 1. The largest absolute Gasteiger partial charge is 0.503 e. The summed E-state index contributed by atoms with van der Waals surface area (Å²) in [6.07, 6.45) is 3.44. The van der Waals surface area contributed by atoms with Crippen LogP contribution in [0.15, 0.2) is 21.5 Å². The van der Waals surface area contributed by atoms with Crippen molar-refractivity contribution in [1.82, 2.24) is 9.80 Å². The van der Waals surface area contributed by atoms with Crippen LogP contribution >= 0.6 is 27.7 Å². The molecule has 0 aromatic heterocycles. The highest BCUT2D eigenvalue weighted by atomic mass is 79.9. The lowest BCUT2D eigenvalue weighted by Gasteiger charge is -2.18. The van der Waals surface area contributed by atoms with Crippen LogP contribution in [-0.4, -0.2) is 58.7 Å². The fourth-order valence-electron chi connectivity index (χ4n) is 2.82. The molecule has 2 saturated heterocycles. The number of carbonyl (C=O) groups excluding carboxylic acids is 3. The second kappa shape index (κ2) is 7.71. The average Bonchev–Trinajstić information content (AvgIpc) is 3.23. The van der Waals surface area contributed by atoms with E-state index >= 15 is 0 Å². The van der Waals surface area contributed by atoms with E-state index in [1.807, 2.05) is 0 Å². The lowest BCUT2D eigenvalue weighted by molar-refractivity contribution is -0.135. The zero-order valence-corrected chi connectivity index (χ0v) is 16.4. The smallest absolute Gasteiger partial charge is 0.294 e. The second-order valence-corrected chi connectivity index (χ2v) is 7.76. The molecule has 2 fully saturated rings. The van der Waals surface area contributed by atoms with Crippen molar-refractivity contribution in [2.75, 3.05) is 26.7 Å². The van der Waals surface area contributed by atoms with E-state index in [1.54, 1.807) is 17.0 Å². The molecule has 2 heterocycles. The third-order valence-corrected chi connectivity index (χ3v) is 5.71.